The molecule has 0 radical (unpaired) electrons. The van der Waals surface area contributed by atoms with Crippen molar-refractivity contribution in [3.8, 4) is 0 Å². The van der Waals surface area contributed by atoms with Crippen LogP contribution < -0.4 is 16.0 Å². The van der Waals surface area contributed by atoms with Crippen LogP contribution in [0.2, 0.25) is 10.0 Å². The number of benzene rings is 1. The lowest BCUT2D eigenvalue weighted by Crippen LogP contribution is -2.48. The molecule has 0 bridgehead atoms. The topological polar surface area (TPSA) is 109 Å². The molecule has 1 aromatic carbocycles. The van der Waals surface area contributed by atoms with E-state index in [2.05, 4.69) is 30.9 Å². The molecule has 0 atom stereocenters. The van der Waals surface area contributed by atoms with E-state index in [0.29, 0.717) is 39.8 Å². The van der Waals surface area contributed by atoms with Crippen molar-refractivity contribution >= 4 is 46.4 Å². The third-order valence-electron chi connectivity index (χ3n) is 4.83. The van der Waals surface area contributed by atoms with E-state index in [1.54, 1.807) is 30.5 Å². The Balaban J connectivity index is 1.31. The van der Waals surface area contributed by atoms with Crippen LogP contribution >= 0.6 is 23.2 Å². The molecule has 10 heteroatoms. The first-order valence-electron chi connectivity index (χ1n) is 9.48. The van der Waals surface area contributed by atoms with Gasteiger partial charge in [-0.05, 0) is 43.2 Å². The van der Waals surface area contributed by atoms with Crippen LogP contribution in [-0.4, -0.2) is 32.3 Å². The molecule has 2 aromatic heterocycles. The first-order chi connectivity index (χ1) is 14.9. The number of nitrogens with zero attached hydrogens (tertiary/aromatic N) is 3. The minimum absolute atomic E-state index is 0.241. The quantitative estimate of drug-likeness (QED) is 0.501. The Morgan fingerprint density at radius 3 is 2.45 bits per heavy atom. The first-order valence-corrected chi connectivity index (χ1v) is 10.2. The molecule has 158 valence electrons. The SMILES string of the molecule is O=C(NC1(C(=O)NCc2ccc(Nc3ccc(Cl)cc3Cl)cn2)CC1)c1cncnc1. The third-order valence-corrected chi connectivity index (χ3v) is 5.37. The molecule has 8 nitrogen and oxygen atoms in total. The predicted octanol–water partition coefficient (Wildman–Crippen LogP) is 3.50. The van der Waals surface area contributed by atoms with Crippen LogP contribution in [0.3, 0.4) is 0 Å². The molecule has 1 aliphatic rings. The number of nitrogens with one attached hydrogen (secondary N) is 3. The van der Waals surface area contributed by atoms with Gasteiger partial charge in [-0.3, -0.25) is 14.6 Å². The molecular formula is C21H18Cl2N6O2. The van der Waals surface area contributed by atoms with Gasteiger partial charge in [0.2, 0.25) is 5.91 Å². The molecule has 1 fully saturated rings. The highest BCUT2D eigenvalue weighted by molar-refractivity contribution is 6.36. The second-order valence-electron chi connectivity index (χ2n) is 7.13. The van der Waals surface area contributed by atoms with Crippen molar-refractivity contribution in [2.45, 2.75) is 24.9 Å². The van der Waals surface area contributed by atoms with Crippen LogP contribution in [0.1, 0.15) is 28.9 Å². The molecule has 0 spiro atoms. The number of amides is 2. The Bertz CT molecular complexity index is 1100. The monoisotopic (exact) mass is 456 g/mol. The highest BCUT2D eigenvalue weighted by atomic mass is 35.5. The highest BCUT2D eigenvalue weighted by Gasteiger charge is 2.51. The molecule has 0 aliphatic heterocycles. The summed E-state index contributed by atoms with van der Waals surface area (Å²) in [5, 5.41) is 9.85. The molecule has 4 rings (SSSR count). The van der Waals surface area contributed by atoms with E-state index < -0.39 is 5.54 Å². The average molecular weight is 457 g/mol. The zero-order chi connectivity index (χ0) is 21.8. The third kappa shape index (κ3) is 5.10. The lowest BCUT2D eigenvalue weighted by atomic mass is 10.2. The van der Waals surface area contributed by atoms with Crippen molar-refractivity contribution in [2.75, 3.05) is 5.32 Å². The molecule has 2 heterocycles. The minimum atomic E-state index is -0.889. The second-order valence-corrected chi connectivity index (χ2v) is 7.98. The van der Waals surface area contributed by atoms with Crippen LogP contribution in [0.25, 0.3) is 0 Å². The van der Waals surface area contributed by atoms with Crippen LogP contribution in [-0.2, 0) is 11.3 Å². The maximum absolute atomic E-state index is 12.6. The number of hydrogen-bond donors (Lipinski definition) is 3. The summed E-state index contributed by atoms with van der Waals surface area (Å²) in [7, 11) is 0. The Morgan fingerprint density at radius 1 is 1.03 bits per heavy atom. The number of aromatic nitrogens is 3. The van der Waals surface area contributed by atoms with E-state index in [1.807, 2.05) is 6.07 Å². The molecule has 1 aliphatic carbocycles. The minimum Gasteiger partial charge on any atom is -0.353 e. The van der Waals surface area contributed by atoms with Gasteiger partial charge in [-0.25, -0.2) is 9.97 Å². The van der Waals surface area contributed by atoms with Crippen molar-refractivity contribution in [3.05, 3.63) is 76.6 Å². The van der Waals surface area contributed by atoms with Crippen molar-refractivity contribution in [1.29, 1.82) is 0 Å². The first kappa shape index (κ1) is 21.0. The van der Waals surface area contributed by atoms with Crippen LogP contribution in [0.5, 0.6) is 0 Å². The van der Waals surface area contributed by atoms with Crippen LogP contribution in [0, 0.1) is 0 Å². The van der Waals surface area contributed by atoms with Gasteiger partial charge in [0.15, 0.2) is 0 Å². The average Bonchev–Trinajstić information content (AvgIpc) is 3.56. The van der Waals surface area contributed by atoms with E-state index in [0.717, 1.165) is 5.69 Å². The van der Waals surface area contributed by atoms with Crippen molar-refractivity contribution in [2.24, 2.45) is 0 Å². The molecule has 2 amide bonds. The van der Waals surface area contributed by atoms with Gasteiger partial charge in [0.1, 0.15) is 11.9 Å². The summed E-state index contributed by atoms with van der Waals surface area (Å²) in [6, 6.07) is 8.81. The summed E-state index contributed by atoms with van der Waals surface area (Å²) >= 11 is 12.1. The number of carbonyl (C=O) groups is 2. The fourth-order valence-electron chi connectivity index (χ4n) is 2.93. The van der Waals surface area contributed by atoms with Gasteiger partial charge in [-0.2, -0.15) is 0 Å². The maximum Gasteiger partial charge on any atom is 0.255 e. The summed E-state index contributed by atoms with van der Waals surface area (Å²) in [6.07, 6.45) is 6.97. The Hall–Kier alpha value is -3.23. The Kier molecular flexibility index (Phi) is 6.01. The molecule has 0 saturated heterocycles. The van der Waals surface area contributed by atoms with E-state index in [9.17, 15) is 9.59 Å². The van der Waals surface area contributed by atoms with Crippen LogP contribution in [0.4, 0.5) is 11.4 Å². The molecule has 3 N–H and O–H groups in total. The number of rotatable bonds is 7. The zero-order valence-electron chi connectivity index (χ0n) is 16.2. The summed E-state index contributed by atoms with van der Waals surface area (Å²) in [5.74, 6) is -0.614. The molecule has 3 aromatic rings. The number of carbonyl (C=O) groups excluding carboxylic acids is 2. The largest absolute Gasteiger partial charge is 0.353 e. The van der Waals surface area contributed by atoms with Gasteiger partial charge in [0, 0.05) is 17.4 Å². The standard InChI is InChI=1S/C21H18Cl2N6O2/c22-14-1-4-18(17(23)7-14)28-16-3-2-15(26-11-16)10-27-20(31)21(5-6-21)29-19(30)13-8-24-12-25-9-13/h1-4,7-9,11-12,28H,5-6,10H2,(H,27,31)(H,29,30). The second kappa shape index (κ2) is 8.87. The number of halogens is 2. The van der Waals surface area contributed by atoms with E-state index >= 15 is 0 Å². The number of pyridine rings is 1. The Morgan fingerprint density at radius 2 is 1.81 bits per heavy atom. The summed E-state index contributed by atoms with van der Waals surface area (Å²) < 4.78 is 0. The fourth-order valence-corrected chi connectivity index (χ4v) is 3.38. The maximum atomic E-state index is 12.6. The normalized spacial score (nSPS) is 13.9. The smallest absolute Gasteiger partial charge is 0.255 e. The molecule has 31 heavy (non-hydrogen) atoms. The van der Waals surface area contributed by atoms with Gasteiger partial charge >= 0.3 is 0 Å². The number of anilines is 2. The number of hydrogen-bond acceptors (Lipinski definition) is 6. The van der Waals surface area contributed by atoms with Crippen LogP contribution in [0.15, 0.2) is 55.2 Å². The summed E-state index contributed by atoms with van der Waals surface area (Å²) in [6.45, 7) is 0.243. The van der Waals surface area contributed by atoms with E-state index in [1.165, 1.54) is 18.7 Å². The Labute approximate surface area is 188 Å². The van der Waals surface area contributed by atoms with E-state index in [4.69, 9.17) is 23.2 Å². The van der Waals surface area contributed by atoms with Crippen molar-refractivity contribution in [1.82, 2.24) is 25.6 Å². The van der Waals surface area contributed by atoms with E-state index in [-0.39, 0.29) is 18.4 Å². The van der Waals surface area contributed by atoms with Gasteiger partial charge < -0.3 is 16.0 Å². The highest BCUT2D eigenvalue weighted by Crippen LogP contribution is 2.36. The van der Waals surface area contributed by atoms with Gasteiger partial charge in [0.05, 0.1) is 40.4 Å². The van der Waals surface area contributed by atoms with Gasteiger partial charge in [-0.15, -0.1) is 0 Å². The predicted molar refractivity (Wildman–Crippen MR) is 117 cm³/mol. The van der Waals surface area contributed by atoms with Gasteiger partial charge in [-0.1, -0.05) is 23.2 Å². The molecular weight excluding hydrogens is 439 g/mol. The van der Waals surface area contributed by atoms with Gasteiger partial charge in [0.25, 0.3) is 5.91 Å². The summed E-state index contributed by atoms with van der Waals surface area (Å²) in [5.41, 5.74) is 1.56. The zero-order valence-corrected chi connectivity index (χ0v) is 17.7. The molecule has 0 unspecified atom stereocenters. The summed E-state index contributed by atoms with van der Waals surface area (Å²) in [4.78, 5) is 36.9. The van der Waals surface area contributed by atoms with Crippen molar-refractivity contribution in [3.63, 3.8) is 0 Å². The lowest BCUT2D eigenvalue weighted by Gasteiger charge is -2.17. The molecule has 1 saturated carbocycles. The lowest BCUT2D eigenvalue weighted by molar-refractivity contribution is -0.124. The van der Waals surface area contributed by atoms with Crippen molar-refractivity contribution < 1.29 is 9.59 Å². The fraction of sp³-hybridized carbons (Fsp3) is 0.190.